The number of amides is 1. The Balaban J connectivity index is 1.93. The Hall–Kier alpha value is -0.260. The Morgan fingerprint density at radius 3 is 2.46 bits per heavy atom. The molecule has 1 atom stereocenters. The van der Waals surface area contributed by atoms with Crippen molar-refractivity contribution < 1.29 is 4.79 Å². The summed E-state index contributed by atoms with van der Waals surface area (Å²) in [5.41, 5.74) is 0. The average molecular weight is 201 g/mol. The highest BCUT2D eigenvalue weighted by atomic mass is 32.2. The van der Waals surface area contributed by atoms with Gasteiger partial charge in [-0.1, -0.05) is 12.8 Å². The number of nitrogens with one attached hydrogen (secondary N) is 2. The summed E-state index contributed by atoms with van der Waals surface area (Å²) in [6.45, 7) is 2.09. The van der Waals surface area contributed by atoms with Gasteiger partial charge in [-0.2, -0.15) is 0 Å². The first-order chi connectivity index (χ1) is 6.38. The molecule has 0 aromatic carbocycles. The van der Waals surface area contributed by atoms with Crippen molar-refractivity contribution in [1.82, 2.24) is 14.3 Å². The molecule has 2 N–H and O–H groups in total. The lowest BCUT2D eigenvalue weighted by molar-refractivity contribution is -0.123. The number of carbonyl (C=O) groups excluding carboxylic acids is 1. The summed E-state index contributed by atoms with van der Waals surface area (Å²) in [6.07, 6.45) is 4.95. The number of hydrogen-bond donors (Lipinski definition) is 2. The van der Waals surface area contributed by atoms with Crippen LogP contribution in [0.5, 0.6) is 0 Å². The van der Waals surface area contributed by atoms with Gasteiger partial charge in [-0.15, -0.1) is 0 Å². The largest absolute Gasteiger partial charge is 0.284 e. The van der Waals surface area contributed by atoms with Crippen molar-refractivity contribution in [1.29, 1.82) is 0 Å². The van der Waals surface area contributed by atoms with E-state index in [2.05, 4.69) is 14.3 Å². The first kappa shape index (κ1) is 9.30. The lowest BCUT2D eigenvalue weighted by atomic mass is 10.2. The second-order valence-electron chi connectivity index (χ2n) is 3.54. The molecule has 0 aromatic rings. The predicted octanol–water partition coefficient (Wildman–Crippen LogP) is 0.471. The third kappa shape index (κ3) is 2.15. The van der Waals surface area contributed by atoms with Gasteiger partial charge in [-0.05, 0) is 12.8 Å². The standard InChI is InChI=1S/C8H15N3OS/c12-8-7(9-13-10-8)11-5-3-1-2-4-6-11/h7,9H,1-6H2,(H,10,12). The fraction of sp³-hybridized carbons (Fsp3) is 0.875. The fourth-order valence-corrected chi connectivity index (χ4v) is 2.48. The quantitative estimate of drug-likeness (QED) is 0.605. The molecule has 2 aliphatic heterocycles. The minimum absolute atomic E-state index is 0.0944. The molecule has 2 saturated heterocycles. The zero-order valence-electron chi connectivity index (χ0n) is 7.58. The third-order valence-corrected chi connectivity index (χ3v) is 3.22. The monoisotopic (exact) mass is 201 g/mol. The summed E-state index contributed by atoms with van der Waals surface area (Å²) >= 11 is 1.30. The Kier molecular flexibility index (Phi) is 3.08. The van der Waals surface area contributed by atoms with E-state index in [-0.39, 0.29) is 12.1 Å². The van der Waals surface area contributed by atoms with Crippen LogP contribution >= 0.6 is 12.1 Å². The van der Waals surface area contributed by atoms with Crippen molar-refractivity contribution in [2.45, 2.75) is 31.8 Å². The van der Waals surface area contributed by atoms with Gasteiger partial charge in [-0.25, -0.2) is 4.72 Å². The summed E-state index contributed by atoms with van der Waals surface area (Å²) in [7, 11) is 0. The maximum absolute atomic E-state index is 11.3. The topological polar surface area (TPSA) is 44.4 Å². The van der Waals surface area contributed by atoms with Gasteiger partial charge >= 0.3 is 0 Å². The average Bonchev–Trinajstić information content (AvgIpc) is 2.43. The minimum atomic E-state index is -0.0944. The van der Waals surface area contributed by atoms with Crippen LogP contribution in [-0.2, 0) is 4.79 Å². The molecule has 5 heteroatoms. The molecule has 0 spiro atoms. The van der Waals surface area contributed by atoms with E-state index < -0.39 is 0 Å². The zero-order valence-corrected chi connectivity index (χ0v) is 8.40. The summed E-state index contributed by atoms with van der Waals surface area (Å²) in [4.78, 5) is 13.6. The molecule has 0 bridgehead atoms. The summed E-state index contributed by atoms with van der Waals surface area (Å²) in [5, 5.41) is 0. The van der Waals surface area contributed by atoms with E-state index in [4.69, 9.17) is 0 Å². The van der Waals surface area contributed by atoms with E-state index in [1.54, 1.807) is 0 Å². The molecule has 1 unspecified atom stereocenters. The van der Waals surface area contributed by atoms with Crippen molar-refractivity contribution in [3.63, 3.8) is 0 Å². The predicted molar refractivity (Wildman–Crippen MR) is 52.7 cm³/mol. The van der Waals surface area contributed by atoms with E-state index in [1.807, 2.05) is 0 Å². The van der Waals surface area contributed by atoms with Crippen LogP contribution < -0.4 is 9.44 Å². The molecule has 13 heavy (non-hydrogen) atoms. The number of nitrogens with zero attached hydrogens (tertiary/aromatic N) is 1. The van der Waals surface area contributed by atoms with E-state index in [1.165, 1.54) is 37.8 Å². The highest BCUT2D eigenvalue weighted by molar-refractivity contribution is 7.96. The van der Waals surface area contributed by atoms with Crippen LogP contribution in [0.1, 0.15) is 25.7 Å². The molecule has 0 radical (unpaired) electrons. The van der Waals surface area contributed by atoms with E-state index in [0.29, 0.717) is 0 Å². The first-order valence-electron chi connectivity index (χ1n) is 4.83. The number of hydrogen-bond acceptors (Lipinski definition) is 4. The molecule has 2 heterocycles. The second kappa shape index (κ2) is 4.30. The van der Waals surface area contributed by atoms with Gasteiger partial charge in [0.05, 0.1) is 0 Å². The molecule has 2 rings (SSSR count). The van der Waals surface area contributed by atoms with Gasteiger partial charge in [0.15, 0.2) is 6.17 Å². The first-order valence-corrected chi connectivity index (χ1v) is 5.65. The maximum Gasteiger partial charge on any atom is 0.263 e. The Morgan fingerprint density at radius 2 is 1.92 bits per heavy atom. The summed E-state index contributed by atoms with van der Waals surface area (Å²) < 4.78 is 5.80. The van der Waals surface area contributed by atoms with E-state index in [9.17, 15) is 4.79 Å². The molecule has 2 aliphatic rings. The second-order valence-corrected chi connectivity index (χ2v) is 4.18. The van der Waals surface area contributed by atoms with Crippen LogP contribution in [0.4, 0.5) is 0 Å². The van der Waals surface area contributed by atoms with Crippen molar-refractivity contribution in [2.24, 2.45) is 0 Å². The Morgan fingerprint density at radius 1 is 1.23 bits per heavy atom. The molecule has 0 aliphatic carbocycles. The van der Waals surface area contributed by atoms with Gasteiger partial charge in [0, 0.05) is 25.2 Å². The lowest BCUT2D eigenvalue weighted by Gasteiger charge is -2.23. The number of carbonyl (C=O) groups is 1. The van der Waals surface area contributed by atoms with Crippen LogP contribution in [0.2, 0.25) is 0 Å². The zero-order chi connectivity index (χ0) is 9.10. The molecule has 74 valence electrons. The van der Waals surface area contributed by atoms with Gasteiger partial charge in [0.2, 0.25) is 0 Å². The van der Waals surface area contributed by atoms with Gasteiger partial charge in [0.1, 0.15) is 0 Å². The summed E-state index contributed by atoms with van der Waals surface area (Å²) in [6, 6.07) is 0. The highest BCUT2D eigenvalue weighted by Crippen LogP contribution is 2.15. The molecular weight excluding hydrogens is 186 g/mol. The molecular formula is C8H15N3OS. The molecule has 0 aromatic heterocycles. The van der Waals surface area contributed by atoms with Crippen LogP contribution in [0.25, 0.3) is 0 Å². The maximum atomic E-state index is 11.3. The van der Waals surface area contributed by atoms with Crippen LogP contribution in [-0.4, -0.2) is 30.1 Å². The van der Waals surface area contributed by atoms with Crippen molar-refractivity contribution in [3.8, 4) is 0 Å². The normalized spacial score (nSPS) is 31.4. The van der Waals surface area contributed by atoms with Gasteiger partial charge in [-0.3, -0.25) is 14.4 Å². The summed E-state index contributed by atoms with van der Waals surface area (Å²) in [5.74, 6) is 0.104. The SMILES string of the molecule is O=C1NSNC1N1CCCCCC1. The highest BCUT2D eigenvalue weighted by Gasteiger charge is 2.30. The van der Waals surface area contributed by atoms with Crippen molar-refractivity contribution in [2.75, 3.05) is 13.1 Å². The molecule has 2 fully saturated rings. The number of rotatable bonds is 1. The van der Waals surface area contributed by atoms with Crippen molar-refractivity contribution in [3.05, 3.63) is 0 Å². The molecule has 4 nitrogen and oxygen atoms in total. The number of likely N-dealkylation sites (tertiary alicyclic amines) is 1. The van der Waals surface area contributed by atoms with Crippen LogP contribution in [0.15, 0.2) is 0 Å². The minimum Gasteiger partial charge on any atom is -0.284 e. The van der Waals surface area contributed by atoms with Gasteiger partial charge in [0.25, 0.3) is 5.91 Å². The van der Waals surface area contributed by atoms with Crippen molar-refractivity contribution >= 4 is 18.0 Å². The molecule has 0 saturated carbocycles. The Bertz CT molecular complexity index is 192. The molecule has 1 amide bonds. The lowest BCUT2D eigenvalue weighted by Crippen LogP contribution is -2.46. The van der Waals surface area contributed by atoms with E-state index >= 15 is 0 Å². The van der Waals surface area contributed by atoms with Crippen LogP contribution in [0, 0.1) is 0 Å². The van der Waals surface area contributed by atoms with Gasteiger partial charge < -0.3 is 0 Å². The van der Waals surface area contributed by atoms with Crippen LogP contribution in [0.3, 0.4) is 0 Å². The fourth-order valence-electron chi connectivity index (χ4n) is 1.84. The third-order valence-electron chi connectivity index (χ3n) is 2.58. The Labute approximate surface area is 82.7 Å². The smallest absolute Gasteiger partial charge is 0.263 e. The van der Waals surface area contributed by atoms with E-state index in [0.717, 1.165) is 13.1 Å².